The second kappa shape index (κ2) is 2.76. The van der Waals surface area contributed by atoms with Crippen molar-refractivity contribution in [1.29, 1.82) is 0 Å². The first-order valence-electron chi connectivity index (χ1n) is 5.60. The Kier molecular flexibility index (Phi) is 1.41. The maximum absolute atomic E-state index is 3.50. The van der Waals surface area contributed by atoms with Gasteiger partial charge >= 0.3 is 0 Å². The fourth-order valence-electron chi connectivity index (χ4n) is 2.79. The standard InChI is InChI=1S/C15H11N/c1-2-6-11-10(5-1)9-14-15(11)12-7-3-4-8-13(12)16-14/h1-9,15-16H. The number of hydrogen-bond donors (Lipinski definition) is 1. The zero-order valence-corrected chi connectivity index (χ0v) is 8.77. The third kappa shape index (κ3) is 0.904. The molecule has 0 saturated carbocycles. The van der Waals surface area contributed by atoms with Crippen LogP contribution in [-0.2, 0) is 0 Å². The lowest BCUT2D eigenvalue weighted by molar-refractivity contribution is 1.04. The second-order valence-corrected chi connectivity index (χ2v) is 4.37. The van der Waals surface area contributed by atoms with Crippen LogP contribution in [0.3, 0.4) is 0 Å². The van der Waals surface area contributed by atoms with E-state index >= 15 is 0 Å². The predicted molar refractivity (Wildman–Crippen MR) is 66.3 cm³/mol. The molecule has 2 aliphatic rings. The molecule has 1 heterocycles. The average molecular weight is 205 g/mol. The Bertz CT molecular complexity index is 610. The van der Waals surface area contributed by atoms with Gasteiger partial charge in [-0.2, -0.15) is 0 Å². The smallest absolute Gasteiger partial charge is 0.0517 e. The minimum Gasteiger partial charge on any atom is -0.358 e. The summed E-state index contributed by atoms with van der Waals surface area (Å²) in [6.45, 7) is 0. The van der Waals surface area contributed by atoms with Gasteiger partial charge in [0, 0.05) is 11.4 Å². The van der Waals surface area contributed by atoms with Crippen molar-refractivity contribution >= 4 is 11.8 Å². The van der Waals surface area contributed by atoms with Crippen molar-refractivity contribution in [3.05, 3.63) is 70.9 Å². The Morgan fingerprint density at radius 1 is 0.812 bits per heavy atom. The molecule has 1 nitrogen and oxygen atoms in total. The molecule has 76 valence electrons. The van der Waals surface area contributed by atoms with E-state index in [2.05, 4.69) is 59.9 Å². The van der Waals surface area contributed by atoms with Crippen molar-refractivity contribution < 1.29 is 0 Å². The highest BCUT2D eigenvalue weighted by Gasteiger charge is 2.33. The first-order chi connectivity index (χ1) is 7.93. The molecule has 0 spiro atoms. The maximum Gasteiger partial charge on any atom is 0.0517 e. The van der Waals surface area contributed by atoms with Crippen LogP contribution in [0.2, 0.25) is 0 Å². The van der Waals surface area contributed by atoms with E-state index in [0.29, 0.717) is 5.92 Å². The summed E-state index contributed by atoms with van der Waals surface area (Å²) in [5.74, 6) is 0.437. The molecule has 0 radical (unpaired) electrons. The summed E-state index contributed by atoms with van der Waals surface area (Å²) in [7, 11) is 0. The van der Waals surface area contributed by atoms with Crippen molar-refractivity contribution in [3.63, 3.8) is 0 Å². The van der Waals surface area contributed by atoms with Crippen molar-refractivity contribution in [1.82, 2.24) is 0 Å². The molecule has 0 saturated heterocycles. The van der Waals surface area contributed by atoms with Gasteiger partial charge < -0.3 is 5.32 Å². The molecule has 1 aliphatic heterocycles. The summed E-state index contributed by atoms with van der Waals surface area (Å²) < 4.78 is 0. The van der Waals surface area contributed by atoms with Gasteiger partial charge in [-0.1, -0.05) is 42.5 Å². The Morgan fingerprint density at radius 2 is 1.56 bits per heavy atom. The van der Waals surface area contributed by atoms with Gasteiger partial charge in [0.25, 0.3) is 0 Å². The number of para-hydroxylation sites is 1. The zero-order chi connectivity index (χ0) is 10.5. The third-order valence-corrected chi connectivity index (χ3v) is 3.48. The van der Waals surface area contributed by atoms with Crippen LogP contribution < -0.4 is 5.32 Å². The van der Waals surface area contributed by atoms with Crippen LogP contribution in [0.25, 0.3) is 6.08 Å². The average Bonchev–Trinajstić information content (AvgIpc) is 2.83. The topological polar surface area (TPSA) is 12.0 Å². The number of benzene rings is 2. The highest BCUT2D eigenvalue weighted by Crippen LogP contribution is 2.48. The van der Waals surface area contributed by atoms with Crippen LogP contribution in [0.1, 0.15) is 22.6 Å². The van der Waals surface area contributed by atoms with Crippen LogP contribution in [0.4, 0.5) is 5.69 Å². The lowest BCUT2D eigenvalue weighted by Gasteiger charge is -2.08. The summed E-state index contributed by atoms with van der Waals surface area (Å²) in [5, 5.41) is 3.50. The van der Waals surface area contributed by atoms with Crippen LogP contribution in [0.15, 0.2) is 54.2 Å². The lowest BCUT2D eigenvalue weighted by atomic mass is 9.93. The molecule has 4 rings (SSSR count). The summed E-state index contributed by atoms with van der Waals surface area (Å²) in [6, 6.07) is 17.2. The molecule has 0 bridgehead atoms. The largest absolute Gasteiger partial charge is 0.358 e. The van der Waals surface area contributed by atoms with E-state index in [-0.39, 0.29) is 0 Å². The normalized spacial score (nSPS) is 19.5. The van der Waals surface area contributed by atoms with Crippen LogP contribution in [0.5, 0.6) is 0 Å². The number of rotatable bonds is 0. The minimum atomic E-state index is 0.437. The summed E-state index contributed by atoms with van der Waals surface area (Å²) >= 11 is 0. The van der Waals surface area contributed by atoms with Gasteiger partial charge in [0.05, 0.1) is 5.92 Å². The van der Waals surface area contributed by atoms with Gasteiger partial charge in [-0.15, -0.1) is 0 Å². The minimum absolute atomic E-state index is 0.437. The van der Waals surface area contributed by atoms with Crippen molar-refractivity contribution in [2.24, 2.45) is 0 Å². The molecule has 0 fully saturated rings. The summed E-state index contributed by atoms with van der Waals surface area (Å²) in [4.78, 5) is 0. The lowest BCUT2D eigenvalue weighted by Crippen LogP contribution is -1.96. The number of allylic oxidation sites excluding steroid dienone is 1. The Balaban J connectivity index is 1.98. The fourth-order valence-corrected chi connectivity index (χ4v) is 2.79. The number of fused-ring (bicyclic) bond motifs is 5. The predicted octanol–water partition coefficient (Wildman–Crippen LogP) is 3.60. The van der Waals surface area contributed by atoms with E-state index in [1.54, 1.807) is 0 Å². The van der Waals surface area contributed by atoms with E-state index in [0.717, 1.165) is 0 Å². The second-order valence-electron chi connectivity index (χ2n) is 4.37. The molecule has 2 aromatic carbocycles. The van der Waals surface area contributed by atoms with Gasteiger partial charge in [-0.25, -0.2) is 0 Å². The van der Waals surface area contributed by atoms with E-state index in [4.69, 9.17) is 0 Å². The van der Waals surface area contributed by atoms with Crippen LogP contribution in [-0.4, -0.2) is 0 Å². The Labute approximate surface area is 94.4 Å². The molecule has 1 heteroatoms. The zero-order valence-electron chi connectivity index (χ0n) is 8.77. The fraction of sp³-hybridized carbons (Fsp3) is 0.0667. The number of hydrogen-bond acceptors (Lipinski definition) is 1. The van der Waals surface area contributed by atoms with Gasteiger partial charge in [0.1, 0.15) is 0 Å². The van der Waals surface area contributed by atoms with Gasteiger partial charge in [0.15, 0.2) is 0 Å². The Morgan fingerprint density at radius 3 is 2.50 bits per heavy atom. The molecule has 0 aromatic heterocycles. The SMILES string of the molecule is C1=C2Nc3ccccc3C2c2ccccc21. The van der Waals surface area contributed by atoms with E-state index < -0.39 is 0 Å². The van der Waals surface area contributed by atoms with Gasteiger partial charge in [0.2, 0.25) is 0 Å². The molecule has 1 N–H and O–H groups in total. The highest BCUT2D eigenvalue weighted by molar-refractivity contribution is 5.80. The number of nitrogens with one attached hydrogen (secondary N) is 1. The maximum atomic E-state index is 3.50. The van der Waals surface area contributed by atoms with Gasteiger partial charge in [-0.05, 0) is 28.8 Å². The van der Waals surface area contributed by atoms with Crippen molar-refractivity contribution in [2.45, 2.75) is 5.92 Å². The molecular weight excluding hydrogens is 194 g/mol. The molecule has 1 unspecified atom stereocenters. The first kappa shape index (κ1) is 8.17. The molecule has 0 amide bonds. The van der Waals surface area contributed by atoms with Gasteiger partial charge in [-0.3, -0.25) is 0 Å². The van der Waals surface area contributed by atoms with Crippen LogP contribution in [0, 0.1) is 0 Å². The summed E-state index contributed by atoms with van der Waals surface area (Å²) in [6.07, 6.45) is 2.26. The monoisotopic (exact) mass is 205 g/mol. The molecule has 1 atom stereocenters. The number of anilines is 1. The molecule has 16 heavy (non-hydrogen) atoms. The highest BCUT2D eigenvalue weighted by atomic mass is 14.9. The molecule has 1 aliphatic carbocycles. The first-order valence-corrected chi connectivity index (χ1v) is 5.60. The third-order valence-electron chi connectivity index (χ3n) is 3.48. The molecular formula is C15H11N. The molecule has 2 aromatic rings. The summed E-state index contributed by atoms with van der Waals surface area (Å²) in [5.41, 5.74) is 6.76. The quantitative estimate of drug-likeness (QED) is 0.693. The van der Waals surface area contributed by atoms with Crippen molar-refractivity contribution in [3.8, 4) is 0 Å². The van der Waals surface area contributed by atoms with E-state index in [1.807, 2.05) is 0 Å². The van der Waals surface area contributed by atoms with E-state index in [1.165, 1.54) is 28.1 Å². The Hall–Kier alpha value is -2.02. The van der Waals surface area contributed by atoms with Crippen LogP contribution >= 0.6 is 0 Å². The van der Waals surface area contributed by atoms with E-state index in [9.17, 15) is 0 Å². The van der Waals surface area contributed by atoms with Crippen molar-refractivity contribution in [2.75, 3.05) is 5.32 Å².